The highest BCUT2D eigenvalue weighted by molar-refractivity contribution is 9.10. The normalized spacial score (nSPS) is 10.1. The first-order valence-corrected chi connectivity index (χ1v) is 5.37. The first-order chi connectivity index (χ1) is 7.78. The molecule has 0 amide bonds. The van der Waals surface area contributed by atoms with E-state index in [-0.39, 0.29) is 6.01 Å². The number of hydrogen-bond donors (Lipinski definition) is 1. The summed E-state index contributed by atoms with van der Waals surface area (Å²) in [5.41, 5.74) is 6.20. The third-order valence-corrected chi connectivity index (χ3v) is 2.22. The molecule has 2 rings (SSSR count). The second-order valence-electron chi connectivity index (χ2n) is 2.98. The number of halogens is 1. The molecule has 0 fully saturated rings. The maximum atomic E-state index is 5.47. The van der Waals surface area contributed by atoms with Crippen LogP contribution in [0.5, 0.6) is 11.8 Å². The highest BCUT2D eigenvalue weighted by Crippen LogP contribution is 2.20. The first-order valence-electron chi connectivity index (χ1n) is 4.58. The highest BCUT2D eigenvalue weighted by atomic mass is 79.9. The molecule has 2 heterocycles. The van der Waals surface area contributed by atoms with Crippen LogP contribution < -0.4 is 10.5 Å². The fraction of sp³-hybridized carbons (Fsp3) is 0.100. The summed E-state index contributed by atoms with van der Waals surface area (Å²) in [4.78, 5) is 12.1. The van der Waals surface area contributed by atoms with Gasteiger partial charge in [-0.25, -0.2) is 4.98 Å². The van der Waals surface area contributed by atoms with E-state index in [9.17, 15) is 0 Å². The van der Waals surface area contributed by atoms with Gasteiger partial charge in [-0.05, 0) is 28.1 Å². The average Bonchev–Trinajstić information content (AvgIpc) is 2.29. The molecule has 0 spiro atoms. The van der Waals surface area contributed by atoms with E-state index in [4.69, 9.17) is 10.5 Å². The van der Waals surface area contributed by atoms with Crippen LogP contribution in [-0.2, 0) is 6.54 Å². The summed E-state index contributed by atoms with van der Waals surface area (Å²) >= 11 is 3.30. The van der Waals surface area contributed by atoms with Gasteiger partial charge in [-0.15, -0.1) is 0 Å². The van der Waals surface area contributed by atoms with Crippen molar-refractivity contribution in [2.24, 2.45) is 5.73 Å². The molecule has 0 saturated carbocycles. The van der Waals surface area contributed by atoms with Crippen molar-refractivity contribution in [3.63, 3.8) is 0 Å². The fourth-order valence-electron chi connectivity index (χ4n) is 1.09. The van der Waals surface area contributed by atoms with Crippen LogP contribution in [0.1, 0.15) is 5.69 Å². The quantitative estimate of drug-likeness (QED) is 0.929. The lowest BCUT2D eigenvalue weighted by atomic mass is 10.4. The summed E-state index contributed by atoms with van der Waals surface area (Å²) in [6.07, 6.45) is 4.86. The molecule has 0 bridgehead atoms. The number of pyridine rings is 1. The molecule has 2 aromatic heterocycles. The van der Waals surface area contributed by atoms with Crippen LogP contribution in [0.4, 0.5) is 0 Å². The number of aromatic nitrogens is 3. The van der Waals surface area contributed by atoms with Gasteiger partial charge >= 0.3 is 6.01 Å². The predicted molar refractivity (Wildman–Crippen MR) is 61.9 cm³/mol. The van der Waals surface area contributed by atoms with E-state index in [1.807, 2.05) is 0 Å². The summed E-state index contributed by atoms with van der Waals surface area (Å²) in [5, 5.41) is 0. The van der Waals surface area contributed by atoms with Gasteiger partial charge in [0.2, 0.25) is 0 Å². The molecule has 6 heteroatoms. The molecule has 0 aliphatic rings. The molecular formula is C10H9BrN4O. The van der Waals surface area contributed by atoms with E-state index in [1.165, 1.54) is 0 Å². The molecule has 82 valence electrons. The minimum absolute atomic E-state index is 0.267. The second-order valence-corrected chi connectivity index (χ2v) is 3.89. The van der Waals surface area contributed by atoms with Crippen molar-refractivity contribution in [3.05, 3.63) is 40.9 Å². The van der Waals surface area contributed by atoms with Crippen molar-refractivity contribution in [1.29, 1.82) is 0 Å². The third kappa shape index (κ3) is 2.74. The SMILES string of the molecule is NCc1ccnc(Oc2cncc(Br)c2)n1. The largest absolute Gasteiger partial charge is 0.423 e. The Morgan fingerprint density at radius 3 is 3.00 bits per heavy atom. The zero-order valence-electron chi connectivity index (χ0n) is 8.30. The number of nitrogens with two attached hydrogens (primary N) is 1. The van der Waals surface area contributed by atoms with Crippen LogP contribution >= 0.6 is 15.9 Å². The summed E-state index contributed by atoms with van der Waals surface area (Å²) in [6, 6.07) is 3.79. The average molecular weight is 281 g/mol. The Morgan fingerprint density at radius 2 is 2.25 bits per heavy atom. The number of rotatable bonds is 3. The topological polar surface area (TPSA) is 73.9 Å². The van der Waals surface area contributed by atoms with Crippen LogP contribution in [0.15, 0.2) is 35.2 Å². The van der Waals surface area contributed by atoms with Crippen molar-refractivity contribution >= 4 is 15.9 Å². The Morgan fingerprint density at radius 1 is 1.38 bits per heavy atom. The summed E-state index contributed by atoms with van der Waals surface area (Å²) in [7, 11) is 0. The standard InChI is InChI=1S/C10H9BrN4O/c11-7-3-9(6-13-5-7)16-10-14-2-1-8(4-12)15-10/h1-3,5-6H,4,12H2. The van der Waals surface area contributed by atoms with Crippen LogP contribution in [-0.4, -0.2) is 15.0 Å². The van der Waals surface area contributed by atoms with Gasteiger partial charge in [0.05, 0.1) is 11.9 Å². The highest BCUT2D eigenvalue weighted by Gasteiger charge is 2.02. The maximum Gasteiger partial charge on any atom is 0.322 e. The second kappa shape index (κ2) is 5.00. The number of hydrogen-bond acceptors (Lipinski definition) is 5. The zero-order valence-corrected chi connectivity index (χ0v) is 9.89. The lowest BCUT2D eigenvalue weighted by molar-refractivity contribution is 0.437. The number of ether oxygens (including phenoxy) is 1. The van der Waals surface area contributed by atoms with Gasteiger partial charge < -0.3 is 10.5 Å². The smallest absolute Gasteiger partial charge is 0.322 e. The maximum absolute atomic E-state index is 5.47. The molecular weight excluding hydrogens is 272 g/mol. The molecule has 16 heavy (non-hydrogen) atoms. The minimum Gasteiger partial charge on any atom is -0.423 e. The van der Waals surface area contributed by atoms with Gasteiger partial charge in [-0.1, -0.05) is 0 Å². The van der Waals surface area contributed by atoms with Crippen LogP contribution in [0.2, 0.25) is 0 Å². The van der Waals surface area contributed by atoms with E-state index >= 15 is 0 Å². The lowest BCUT2D eigenvalue weighted by Gasteiger charge is -2.04. The van der Waals surface area contributed by atoms with E-state index in [0.29, 0.717) is 12.3 Å². The Kier molecular flexibility index (Phi) is 3.43. The molecule has 0 unspecified atom stereocenters. The Balaban J connectivity index is 2.20. The van der Waals surface area contributed by atoms with Crippen molar-refractivity contribution in [2.75, 3.05) is 0 Å². The van der Waals surface area contributed by atoms with Crippen molar-refractivity contribution in [2.45, 2.75) is 6.54 Å². The van der Waals surface area contributed by atoms with E-state index in [0.717, 1.165) is 10.2 Å². The Labute approximate surface area is 101 Å². The van der Waals surface area contributed by atoms with Gasteiger partial charge in [-0.2, -0.15) is 4.98 Å². The Hall–Kier alpha value is -1.53. The van der Waals surface area contributed by atoms with Gasteiger partial charge in [-0.3, -0.25) is 4.98 Å². The molecule has 5 nitrogen and oxygen atoms in total. The van der Waals surface area contributed by atoms with Crippen LogP contribution in [0.3, 0.4) is 0 Å². The summed E-state index contributed by atoms with van der Waals surface area (Å²) < 4.78 is 6.26. The molecule has 2 aromatic rings. The van der Waals surface area contributed by atoms with Crippen LogP contribution in [0, 0.1) is 0 Å². The minimum atomic E-state index is 0.267. The van der Waals surface area contributed by atoms with E-state index in [1.54, 1.807) is 30.7 Å². The molecule has 0 radical (unpaired) electrons. The Bertz CT molecular complexity index is 492. The summed E-state index contributed by atoms with van der Waals surface area (Å²) in [5.74, 6) is 0.573. The van der Waals surface area contributed by atoms with E-state index < -0.39 is 0 Å². The number of nitrogens with zero attached hydrogens (tertiary/aromatic N) is 3. The first kappa shape index (κ1) is 11.0. The molecule has 0 atom stereocenters. The fourth-order valence-corrected chi connectivity index (χ4v) is 1.44. The van der Waals surface area contributed by atoms with Crippen LogP contribution in [0.25, 0.3) is 0 Å². The predicted octanol–water partition coefficient (Wildman–Crippen LogP) is 1.89. The van der Waals surface area contributed by atoms with Crippen molar-refractivity contribution in [1.82, 2.24) is 15.0 Å². The lowest BCUT2D eigenvalue weighted by Crippen LogP contribution is -2.01. The van der Waals surface area contributed by atoms with Gasteiger partial charge in [0, 0.05) is 23.4 Å². The molecule has 0 aliphatic carbocycles. The van der Waals surface area contributed by atoms with Gasteiger partial charge in [0.25, 0.3) is 0 Å². The van der Waals surface area contributed by atoms with Crippen molar-refractivity contribution in [3.8, 4) is 11.8 Å². The molecule has 0 aromatic carbocycles. The van der Waals surface area contributed by atoms with E-state index in [2.05, 4.69) is 30.9 Å². The summed E-state index contributed by atoms with van der Waals surface area (Å²) in [6.45, 7) is 0.357. The monoisotopic (exact) mass is 280 g/mol. The third-order valence-electron chi connectivity index (χ3n) is 1.79. The zero-order chi connectivity index (χ0) is 11.4. The molecule has 0 saturated heterocycles. The van der Waals surface area contributed by atoms with Gasteiger partial charge in [0.1, 0.15) is 0 Å². The molecule has 0 aliphatic heterocycles. The van der Waals surface area contributed by atoms with Crippen molar-refractivity contribution < 1.29 is 4.74 Å². The molecule has 2 N–H and O–H groups in total. The van der Waals surface area contributed by atoms with Gasteiger partial charge in [0.15, 0.2) is 5.75 Å².